The van der Waals surface area contributed by atoms with Crippen molar-refractivity contribution in [2.45, 2.75) is 26.8 Å². The molecule has 3 nitrogen and oxygen atoms in total. The van der Waals surface area contributed by atoms with Crippen LogP contribution in [0.25, 0.3) is 0 Å². The van der Waals surface area contributed by atoms with E-state index in [0.29, 0.717) is 0 Å². The van der Waals surface area contributed by atoms with Crippen LogP contribution in [-0.4, -0.2) is 33.4 Å². The molecule has 19 heavy (non-hydrogen) atoms. The number of nitrogens with one attached hydrogen (secondary N) is 1. The first-order valence-electron chi connectivity index (χ1n) is 7.25. The van der Waals surface area contributed by atoms with Gasteiger partial charge in [0.05, 0.1) is 6.61 Å². The Morgan fingerprint density at radius 3 is 2.89 bits per heavy atom. The average Bonchev–Trinajstić information content (AvgIpc) is 2.83. The summed E-state index contributed by atoms with van der Waals surface area (Å²) in [7, 11) is 1.73. The maximum absolute atomic E-state index is 5.04. The summed E-state index contributed by atoms with van der Waals surface area (Å²) in [6.45, 7) is 9.53. The molecule has 1 heterocycles. The maximum Gasteiger partial charge on any atom is 0.0587 e. The van der Waals surface area contributed by atoms with Crippen molar-refractivity contribution >= 4 is 5.69 Å². The van der Waals surface area contributed by atoms with Crippen LogP contribution in [0, 0.1) is 12.8 Å². The van der Waals surface area contributed by atoms with Gasteiger partial charge in [0.25, 0.3) is 0 Å². The molecule has 0 bridgehead atoms. The first kappa shape index (κ1) is 14.4. The molecule has 0 amide bonds. The predicted octanol–water partition coefficient (Wildman–Crippen LogP) is 2.58. The quantitative estimate of drug-likeness (QED) is 0.798. The lowest BCUT2D eigenvalue weighted by Crippen LogP contribution is -2.20. The summed E-state index contributed by atoms with van der Waals surface area (Å²) < 4.78 is 5.04. The number of benzene rings is 1. The van der Waals surface area contributed by atoms with Gasteiger partial charge >= 0.3 is 0 Å². The smallest absolute Gasteiger partial charge is 0.0587 e. The standard InChI is InChI=1S/C16H26N2O/c1-13-6-8-18(12-13)16-5-4-15(14(2)10-16)11-17-7-9-19-3/h4-5,10,13,17H,6-9,11-12H2,1-3H3. The van der Waals surface area contributed by atoms with Gasteiger partial charge in [-0.2, -0.15) is 0 Å². The molecule has 3 heteroatoms. The van der Waals surface area contributed by atoms with Gasteiger partial charge in [-0.25, -0.2) is 0 Å². The van der Waals surface area contributed by atoms with Crippen LogP contribution in [0.1, 0.15) is 24.5 Å². The number of hydrogen-bond donors (Lipinski definition) is 1. The zero-order chi connectivity index (χ0) is 13.7. The minimum absolute atomic E-state index is 0.767. The Morgan fingerprint density at radius 1 is 1.42 bits per heavy atom. The van der Waals surface area contributed by atoms with E-state index in [0.717, 1.165) is 25.6 Å². The Bertz CT molecular complexity index is 406. The van der Waals surface area contributed by atoms with Crippen molar-refractivity contribution in [2.75, 3.05) is 38.3 Å². The summed E-state index contributed by atoms with van der Waals surface area (Å²) in [6, 6.07) is 6.84. The summed E-state index contributed by atoms with van der Waals surface area (Å²) in [5, 5.41) is 3.40. The van der Waals surface area contributed by atoms with E-state index in [-0.39, 0.29) is 0 Å². The van der Waals surface area contributed by atoms with Crippen LogP contribution in [0.15, 0.2) is 18.2 Å². The Labute approximate surface area is 116 Å². The van der Waals surface area contributed by atoms with Gasteiger partial charge in [0, 0.05) is 39.0 Å². The van der Waals surface area contributed by atoms with E-state index in [4.69, 9.17) is 4.74 Å². The van der Waals surface area contributed by atoms with Gasteiger partial charge in [-0.15, -0.1) is 0 Å². The molecule has 0 radical (unpaired) electrons. The van der Waals surface area contributed by atoms with Gasteiger partial charge in [0.15, 0.2) is 0 Å². The molecule has 1 aliphatic heterocycles. The molecule has 1 unspecified atom stereocenters. The van der Waals surface area contributed by atoms with Crippen molar-refractivity contribution in [3.8, 4) is 0 Å². The van der Waals surface area contributed by atoms with Gasteiger partial charge in [0.2, 0.25) is 0 Å². The first-order valence-corrected chi connectivity index (χ1v) is 7.25. The predicted molar refractivity (Wildman–Crippen MR) is 80.8 cm³/mol. The third kappa shape index (κ3) is 3.95. The van der Waals surface area contributed by atoms with Crippen LogP contribution in [0.3, 0.4) is 0 Å². The molecule has 1 aliphatic rings. The van der Waals surface area contributed by atoms with E-state index in [1.165, 1.54) is 36.3 Å². The number of hydrogen-bond acceptors (Lipinski definition) is 3. The van der Waals surface area contributed by atoms with E-state index in [1.807, 2.05) is 0 Å². The van der Waals surface area contributed by atoms with Gasteiger partial charge < -0.3 is 15.0 Å². The number of rotatable bonds is 6. The molecule has 0 spiro atoms. The molecule has 1 aromatic carbocycles. The lowest BCUT2D eigenvalue weighted by molar-refractivity contribution is 0.199. The fourth-order valence-corrected chi connectivity index (χ4v) is 2.64. The third-order valence-corrected chi connectivity index (χ3v) is 3.91. The van der Waals surface area contributed by atoms with E-state index in [9.17, 15) is 0 Å². The fourth-order valence-electron chi connectivity index (χ4n) is 2.64. The molecule has 0 saturated carbocycles. The summed E-state index contributed by atoms with van der Waals surface area (Å²) >= 11 is 0. The van der Waals surface area contributed by atoms with E-state index >= 15 is 0 Å². The lowest BCUT2D eigenvalue weighted by Gasteiger charge is -2.20. The monoisotopic (exact) mass is 262 g/mol. The summed E-state index contributed by atoms with van der Waals surface area (Å²) in [4.78, 5) is 2.50. The highest BCUT2D eigenvalue weighted by molar-refractivity contribution is 5.51. The van der Waals surface area contributed by atoms with Crippen LogP contribution < -0.4 is 10.2 Å². The average molecular weight is 262 g/mol. The molecule has 2 rings (SSSR count). The minimum atomic E-state index is 0.767. The van der Waals surface area contributed by atoms with Gasteiger partial charge in [-0.05, 0) is 42.5 Å². The fraction of sp³-hybridized carbons (Fsp3) is 0.625. The van der Waals surface area contributed by atoms with Crippen molar-refractivity contribution in [3.63, 3.8) is 0 Å². The number of aryl methyl sites for hydroxylation is 1. The van der Waals surface area contributed by atoms with Crippen LogP contribution in [-0.2, 0) is 11.3 Å². The van der Waals surface area contributed by atoms with E-state index in [1.54, 1.807) is 7.11 Å². The second-order valence-corrected chi connectivity index (χ2v) is 5.62. The number of anilines is 1. The second-order valence-electron chi connectivity index (χ2n) is 5.62. The van der Waals surface area contributed by atoms with Crippen LogP contribution in [0.4, 0.5) is 5.69 Å². The van der Waals surface area contributed by atoms with Gasteiger partial charge in [-0.3, -0.25) is 0 Å². The summed E-state index contributed by atoms with van der Waals surface area (Å²) in [5.41, 5.74) is 4.14. The van der Waals surface area contributed by atoms with Crippen LogP contribution in [0.5, 0.6) is 0 Å². The molecule has 106 valence electrons. The van der Waals surface area contributed by atoms with Gasteiger partial charge in [-0.1, -0.05) is 13.0 Å². The largest absolute Gasteiger partial charge is 0.383 e. The Balaban J connectivity index is 1.93. The highest BCUT2D eigenvalue weighted by atomic mass is 16.5. The highest BCUT2D eigenvalue weighted by Gasteiger charge is 2.19. The minimum Gasteiger partial charge on any atom is -0.383 e. The number of ether oxygens (including phenoxy) is 1. The van der Waals surface area contributed by atoms with Crippen LogP contribution >= 0.6 is 0 Å². The zero-order valence-corrected chi connectivity index (χ0v) is 12.4. The summed E-state index contributed by atoms with van der Waals surface area (Å²) in [5.74, 6) is 0.829. The third-order valence-electron chi connectivity index (χ3n) is 3.91. The zero-order valence-electron chi connectivity index (χ0n) is 12.4. The molecular weight excluding hydrogens is 236 g/mol. The lowest BCUT2D eigenvalue weighted by atomic mass is 10.1. The van der Waals surface area contributed by atoms with Crippen molar-refractivity contribution in [1.29, 1.82) is 0 Å². The number of nitrogens with zero attached hydrogens (tertiary/aromatic N) is 1. The second kappa shape index (κ2) is 6.92. The molecule has 1 saturated heterocycles. The van der Waals surface area contributed by atoms with Crippen molar-refractivity contribution in [2.24, 2.45) is 5.92 Å². The molecule has 1 aromatic rings. The molecule has 0 aliphatic carbocycles. The molecule has 1 fully saturated rings. The van der Waals surface area contributed by atoms with E-state index in [2.05, 4.69) is 42.3 Å². The van der Waals surface area contributed by atoms with Crippen molar-refractivity contribution in [3.05, 3.63) is 29.3 Å². The first-order chi connectivity index (χ1) is 9.20. The van der Waals surface area contributed by atoms with Crippen molar-refractivity contribution < 1.29 is 4.74 Å². The SMILES string of the molecule is COCCNCc1ccc(N2CCC(C)C2)cc1C. The highest BCUT2D eigenvalue weighted by Crippen LogP contribution is 2.25. The normalized spacial score (nSPS) is 19.1. The Morgan fingerprint density at radius 2 is 2.26 bits per heavy atom. The topological polar surface area (TPSA) is 24.5 Å². The molecule has 0 aromatic heterocycles. The van der Waals surface area contributed by atoms with Gasteiger partial charge in [0.1, 0.15) is 0 Å². The van der Waals surface area contributed by atoms with E-state index < -0.39 is 0 Å². The maximum atomic E-state index is 5.04. The van der Waals surface area contributed by atoms with Crippen LogP contribution in [0.2, 0.25) is 0 Å². The Hall–Kier alpha value is -1.06. The number of methoxy groups -OCH3 is 1. The molecule has 1 atom stereocenters. The Kier molecular flexibility index (Phi) is 5.23. The summed E-state index contributed by atoms with van der Waals surface area (Å²) in [6.07, 6.45) is 1.32. The molecule has 1 N–H and O–H groups in total. The molecular formula is C16H26N2O. The van der Waals surface area contributed by atoms with Crippen molar-refractivity contribution in [1.82, 2.24) is 5.32 Å².